The molecule has 8 rings (SSSR count). The molecule has 0 N–H and O–H groups in total. The Morgan fingerprint density at radius 2 is 0.833 bits per heavy atom. The lowest BCUT2D eigenvalue weighted by atomic mass is 9.78. The van der Waals surface area contributed by atoms with E-state index in [9.17, 15) is 9.59 Å². The van der Waals surface area contributed by atoms with Crippen molar-refractivity contribution >= 4 is 53.0 Å². The molecule has 0 aliphatic rings. The van der Waals surface area contributed by atoms with Crippen LogP contribution < -0.4 is 23.8 Å². The van der Waals surface area contributed by atoms with Gasteiger partial charge < -0.3 is 23.8 Å². The number of hydrogen-bond donors (Lipinski definition) is 0. The second-order valence-corrected chi connectivity index (χ2v) is 16.1. The fourth-order valence-electron chi connectivity index (χ4n) is 7.63. The highest BCUT2D eigenvalue weighted by atomic mass is 16.7. The number of methoxy groups -OCH3 is 1. The van der Waals surface area contributed by atoms with Crippen molar-refractivity contribution in [2.24, 2.45) is 0 Å². The number of anilines is 3. The van der Waals surface area contributed by atoms with Crippen molar-refractivity contribution in [3.8, 4) is 23.0 Å². The van der Waals surface area contributed by atoms with Gasteiger partial charge in [0, 0.05) is 29.4 Å². The standard InChI is InChI=1S/C59H49NO6/c1-42(61)64-54-37-25-48(26-38-54)59(2,3)49-27-39-56(40-28-49)66-58(62)65-55-35-23-47(24-36-55)57(46-21-33-53(63-4)34-22-46)41-45-19-31-52(32-20-45)60(50-13-9-6-10-14-50)51-29-17-44(18-30-51)16-15-43-11-7-5-8-12-43/h5-41H,1-4H3. The lowest BCUT2D eigenvalue weighted by molar-refractivity contribution is -0.131. The molecule has 0 radical (unpaired) electrons. The first-order valence-corrected chi connectivity index (χ1v) is 21.7. The molecule has 0 heterocycles. The van der Waals surface area contributed by atoms with Gasteiger partial charge in [-0.25, -0.2) is 4.79 Å². The van der Waals surface area contributed by atoms with Crippen LogP contribution in [0.4, 0.5) is 21.9 Å². The van der Waals surface area contributed by atoms with E-state index >= 15 is 0 Å². The molecule has 0 saturated carbocycles. The number of para-hydroxylation sites is 1. The fraction of sp³-hybridized carbons (Fsp3) is 0.0847. The Morgan fingerprint density at radius 3 is 1.30 bits per heavy atom. The first kappa shape index (κ1) is 44.2. The van der Waals surface area contributed by atoms with E-state index in [0.29, 0.717) is 17.2 Å². The summed E-state index contributed by atoms with van der Waals surface area (Å²) in [5, 5.41) is 0. The van der Waals surface area contributed by atoms with Crippen LogP contribution in [0.3, 0.4) is 0 Å². The molecule has 0 spiro atoms. The van der Waals surface area contributed by atoms with Gasteiger partial charge in [-0.2, -0.15) is 0 Å². The van der Waals surface area contributed by atoms with Crippen molar-refractivity contribution in [3.05, 3.63) is 245 Å². The maximum atomic E-state index is 13.0. The van der Waals surface area contributed by atoms with Crippen LogP contribution in [0.2, 0.25) is 0 Å². The monoisotopic (exact) mass is 867 g/mol. The minimum absolute atomic E-state index is 0.346. The van der Waals surface area contributed by atoms with Gasteiger partial charge in [-0.3, -0.25) is 4.79 Å². The summed E-state index contributed by atoms with van der Waals surface area (Å²) < 4.78 is 21.8. The zero-order valence-electron chi connectivity index (χ0n) is 37.3. The Hall–Kier alpha value is -8.42. The lowest BCUT2D eigenvalue weighted by Crippen LogP contribution is -2.19. The van der Waals surface area contributed by atoms with Crippen LogP contribution in [-0.4, -0.2) is 19.2 Å². The molecule has 0 aliphatic carbocycles. The molecule has 8 aromatic carbocycles. The van der Waals surface area contributed by atoms with Gasteiger partial charge in [0.15, 0.2) is 0 Å². The molecule has 7 heteroatoms. The normalized spacial score (nSPS) is 11.5. The average molecular weight is 868 g/mol. The molecular formula is C59H49NO6. The minimum atomic E-state index is -0.845. The molecule has 8 aromatic rings. The number of rotatable bonds is 14. The molecule has 0 fully saturated rings. The van der Waals surface area contributed by atoms with Gasteiger partial charge in [-0.05, 0) is 136 Å². The summed E-state index contributed by atoms with van der Waals surface area (Å²) in [4.78, 5) is 26.6. The molecule has 0 amide bonds. The van der Waals surface area contributed by atoms with E-state index in [0.717, 1.165) is 67.3 Å². The summed E-state index contributed by atoms with van der Waals surface area (Å²) in [6, 6.07) is 67.8. The molecule has 0 aromatic heterocycles. The number of nitrogens with zero attached hydrogens (tertiary/aromatic N) is 1. The van der Waals surface area contributed by atoms with Crippen molar-refractivity contribution < 1.29 is 28.5 Å². The molecule has 0 unspecified atom stereocenters. The third-order valence-corrected chi connectivity index (χ3v) is 11.3. The minimum Gasteiger partial charge on any atom is -0.497 e. The molecule has 0 aliphatic heterocycles. The molecule has 326 valence electrons. The third-order valence-electron chi connectivity index (χ3n) is 11.3. The van der Waals surface area contributed by atoms with Crippen molar-refractivity contribution in [1.82, 2.24) is 0 Å². The molecule has 0 atom stereocenters. The first-order valence-electron chi connectivity index (χ1n) is 21.7. The van der Waals surface area contributed by atoms with Crippen molar-refractivity contribution in [3.63, 3.8) is 0 Å². The molecule has 0 saturated heterocycles. The molecule has 7 nitrogen and oxygen atoms in total. The predicted molar refractivity (Wildman–Crippen MR) is 266 cm³/mol. The van der Waals surface area contributed by atoms with Gasteiger partial charge in [0.25, 0.3) is 0 Å². The number of ether oxygens (including phenoxy) is 4. The first-order chi connectivity index (χ1) is 32.1. The van der Waals surface area contributed by atoms with Crippen LogP contribution in [0.1, 0.15) is 59.7 Å². The Labute approximate surface area is 386 Å². The van der Waals surface area contributed by atoms with Gasteiger partial charge in [0.05, 0.1) is 7.11 Å². The summed E-state index contributed by atoms with van der Waals surface area (Å²) >= 11 is 0. The lowest BCUT2D eigenvalue weighted by Gasteiger charge is -2.26. The van der Waals surface area contributed by atoms with E-state index in [1.807, 2.05) is 84.9 Å². The van der Waals surface area contributed by atoms with Gasteiger partial charge in [0.1, 0.15) is 23.0 Å². The van der Waals surface area contributed by atoms with Crippen molar-refractivity contribution in [1.29, 1.82) is 0 Å². The van der Waals surface area contributed by atoms with Crippen LogP contribution >= 0.6 is 0 Å². The fourth-order valence-corrected chi connectivity index (χ4v) is 7.63. The van der Waals surface area contributed by atoms with Crippen molar-refractivity contribution in [2.75, 3.05) is 12.0 Å². The van der Waals surface area contributed by atoms with E-state index in [2.05, 4.69) is 122 Å². The SMILES string of the molecule is COc1ccc(C(=Cc2ccc(N(c3ccccc3)c3ccc(C=Cc4ccccc4)cc3)cc2)c2ccc(OC(=O)Oc3ccc(C(C)(C)c4ccc(OC(C)=O)cc4)cc3)cc2)cc1. The van der Waals surface area contributed by atoms with Crippen LogP contribution in [0.25, 0.3) is 23.8 Å². The maximum absolute atomic E-state index is 13.0. The number of benzene rings is 8. The van der Waals surface area contributed by atoms with E-state index in [1.165, 1.54) is 6.92 Å². The molecular weight excluding hydrogens is 819 g/mol. The van der Waals surface area contributed by atoms with E-state index in [1.54, 1.807) is 43.5 Å². The molecule has 0 bridgehead atoms. The van der Waals surface area contributed by atoms with Gasteiger partial charge in [-0.1, -0.05) is 147 Å². The topological polar surface area (TPSA) is 74.3 Å². The highest BCUT2D eigenvalue weighted by molar-refractivity contribution is 5.92. The number of hydrogen-bond acceptors (Lipinski definition) is 7. The Morgan fingerprint density at radius 1 is 0.439 bits per heavy atom. The van der Waals surface area contributed by atoms with Crippen LogP contribution in [-0.2, 0) is 10.2 Å². The summed E-state index contributed by atoms with van der Waals surface area (Å²) in [6.07, 6.45) is 5.56. The smallest absolute Gasteiger partial charge is 0.497 e. The van der Waals surface area contributed by atoms with Crippen LogP contribution in [0.5, 0.6) is 23.0 Å². The van der Waals surface area contributed by atoms with Crippen LogP contribution in [0.15, 0.2) is 206 Å². The van der Waals surface area contributed by atoms with E-state index in [4.69, 9.17) is 18.9 Å². The number of esters is 1. The van der Waals surface area contributed by atoms with Gasteiger partial charge in [0.2, 0.25) is 0 Å². The Balaban J connectivity index is 0.981. The Bertz CT molecular complexity index is 2920. The van der Waals surface area contributed by atoms with E-state index < -0.39 is 6.16 Å². The third kappa shape index (κ3) is 11.0. The highest BCUT2D eigenvalue weighted by Crippen LogP contribution is 2.37. The number of carbonyl (C=O) groups is 2. The molecule has 66 heavy (non-hydrogen) atoms. The second kappa shape index (κ2) is 20.4. The second-order valence-electron chi connectivity index (χ2n) is 16.1. The van der Waals surface area contributed by atoms with Gasteiger partial charge in [-0.15, -0.1) is 0 Å². The van der Waals surface area contributed by atoms with E-state index in [-0.39, 0.29) is 11.4 Å². The summed E-state index contributed by atoms with van der Waals surface area (Å²) in [5.74, 6) is 1.59. The Kier molecular flexibility index (Phi) is 13.7. The quantitative estimate of drug-likeness (QED) is 0.0466. The van der Waals surface area contributed by atoms with Crippen LogP contribution in [0, 0.1) is 0 Å². The maximum Gasteiger partial charge on any atom is 0.519 e. The zero-order valence-corrected chi connectivity index (χ0v) is 37.3. The summed E-state index contributed by atoms with van der Waals surface area (Å²) in [6.45, 7) is 5.57. The van der Waals surface area contributed by atoms with Gasteiger partial charge >= 0.3 is 12.1 Å². The predicted octanol–water partition coefficient (Wildman–Crippen LogP) is 14.8. The summed E-state index contributed by atoms with van der Waals surface area (Å²) in [5.41, 5.74) is 11.0. The largest absolute Gasteiger partial charge is 0.519 e. The summed E-state index contributed by atoms with van der Waals surface area (Å²) in [7, 11) is 1.65. The highest BCUT2D eigenvalue weighted by Gasteiger charge is 2.24. The van der Waals surface area contributed by atoms with Crippen molar-refractivity contribution in [2.45, 2.75) is 26.2 Å². The average Bonchev–Trinajstić information content (AvgIpc) is 3.35. The zero-order chi connectivity index (χ0) is 45.9. The number of carbonyl (C=O) groups excluding carboxylic acids is 2.